The van der Waals surface area contributed by atoms with Crippen molar-refractivity contribution in [1.82, 2.24) is 15.2 Å². The van der Waals surface area contributed by atoms with Crippen LogP contribution < -0.4 is 25.1 Å². The zero-order valence-electron chi connectivity index (χ0n) is 25.6. The van der Waals surface area contributed by atoms with Gasteiger partial charge in [-0.2, -0.15) is 0 Å². The highest BCUT2D eigenvalue weighted by molar-refractivity contribution is 6.31. The van der Waals surface area contributed by atoms with Crippen LogP contribution in [0, 0.1) is 13.8 Å². The van der Waals surface area contributed by atoms with E-state index in [1.165, 1.54) is 18.7 Å². The highest BCUT2D eigenvalue weighted by atomic mass is 35.5. The summed E-state index contributed by atoms with van der Waals surface area (Å²) in [7, 11) is 5.39. The maximum Gasteiger partial charge on any atom is 0.251 e. The molecule has 8 nitrogen and oxygen atoms in total. The number of carbonyl (C=O) groups excluding carboxylic acids is 1. The lowest BCUT2D eigenvalue weighted by molar-refractivity contribution is 0.0950. The Hall–Kier alpha value is -3.49. The van der Waals surface area contributed by atoms with Gasteiger partial charge in [-0.05, 0) is 88.9 Å². The summed E-state index contributed by atoms with van der Waals surface area (Å²) in [4.78, 5) is 33.8. The van der Waals surface area contributed by atoms with Crippen LogP contribution in [0.15, 0.2) is 47.3 Å². The highest BCUT2D eigenvalue weighted by Crippen LogP contribution is 2.34. The number of aromatic nitrogens is 1. The minimum Gasteiger partial charge on any atom is -0.497 e. The molecule has 1 aliphatic rings. The summed E-state index contributed by atoms with van der Waals surface area (Å²) in [5, 5.41) is 3.41. The van der Waals surface area contributed by atoms with Gasteiger partial charge in [-0.1, -0.05) is 23.7 Å². The van der Waals surface area contributed by atoms with E-state index in [-0.39, 0.29) is 17.9 Å². The number of hydrogen-bond donors (Lipinski definition) is 2. The Labute approximate surface area is 254 Å². The van der Waals surface area contributed by atoms with E-state index in [0.717, 1.165) is 55.8 Å². The van der Waals surface area contributed by atoms with Gasteiger partial charge in [-0.25, -0.2) is 0 Å². The smallest absolute Gasteiger partial charge is 0.251 e. The first-order valence-electron chi connectivity index (χ1n) is 14.6. The van der Waals surface area contributed by atoms with Crippen LogP contribution in [0.25, 0.3) is 0 Å². The molecule has 2 aromatic carbocycles. The molecule has 0 atom stereocenters. The van der Waals surface area contributed by atoms with Crippen molar-refractivity contribution in [1.29, 1.82) is 0 Å². The van der Waals surface area contributed by atoms with Crippen molar-refractivity contribution in [3.63, 3.8) is 0 Å². The van der Waals surface area contributed by atoms with Crippen molar-refractivity contribution < 1.29 is 14.3 Å². The number of H-pyrrole nitrogens is 1. The normalized spacial score (nSPS) is 16.8. The molecule has 0 unspecified atom stereocenters. The lowest BCUT2D eigenvalue weighted by Gasteiger charge is -2.41. The van der Waals surface area contributed by atoms with Crippen LogP contribution in [0.4, 0.5) is 5.69 Å². The van der Waals surface area contributed by atoms with Crippen LogP contribution in [-0.2, 0) is 13.1 Å². The first-order valence-corrected chi connectivity index (χ1v) is 15.0. The second kappa shape index (κ2) is 14.1. The summed E-state index contributed by atoms with van der Waals surface area (Å²) in [6, 6.07) is 14.3. The predicted molar refractivity (Wildman–Crippen MR) is 169 cm³/mol. The van der Waals surface area contributed by atoms with E-state index in [0.29, 0.717) is 39.8 Å². The van der Waals surface area contributed by atoms with Gasteiger partial charge in [-0.3, -0.25) is 14.5 Å². The number of hydrogen-bond acceptors (Lipinski definition) is 6. The molecule has 1 amide bonds. The molecule has 0 spiro atoms. The second-order valence-electron chi connectivity index (χ2n) is 11.1. The largest absolute Gasteiger partial charge is 0.497 e. The molecule has 0 saturated heterocycles. The molecule has 3 aromatic rings. The van der Waals surface area contributed by atoms with E-state index >= 15 is 0 Å². The van der Waals surface area contributed by atoms with Gasteiger partial charge in [0, 0.05) is 53.2 Å². The van der Waals surface area contributed by atoms with Crippen molar-refractivity contribution in [2.75, 3.05) is 32.7 Å². The minimum absolute atomic E-state index is 0.0461. The number of nitrogens with zero attached hydrogens (tertiary/aromatic N) is 2. The summed E-state index contributed by atoms with van der Waals surface area (Å²) in [6.07, 6.45) is 4.34. The summed E-state index contributed by atoms with van der Waals surface area (Å²) < 4.78 is 10.6. The average Bonchev–Trinajstić information content (AvgIpc) is 2.98. The molecule has 0 aliphatic heterocycles. The minimum atomic E-state index is -0.279. The van der Waals surface area contributed by atoms with Crippen LogP contribution in [0.3, 0.4) is 0 Å². The number of methoxy groups -OCH3 is 2. The quantitative estimate of drug-likeness (QED) is 0.289. The van der Waals surface area contributed by atoms with Crippen molar-refractivity contribution >= 4 is 23.2 Å². The number of nitrogens with one attached hydrogen (secondary N) is 2. The van der Waals surface area contributed by atoms with E-state index in [2.05, 4.69) is 46.2 Å². The summed E-state index contributed by atoms with van der Waals surface area (Å²) in [5.41, 5.74) is 4.53. The van der Waals surface area contributed by atoms with E-state index in [4.69, 9.17) is 21.1 Å². The summed E-state index contributed by atoms with van der Waals surface area (Å²) >= 11 is 6.58. The Morgan fingerprint density at radius 2 is 1.69 bits per heavy atom. The summed E-state index contributed by atoms with van der Waals surface area (Å²) in [6.45, 7) is 7.67. The Balaban J connectivity index is 1.43. The maximum absolute atomic E-state index is 13.4. The molecule has 226 valence electrons. The second-order valence-corrected chi connectivity index (χ2v) is 11.6. The number of amides is 1. The van der Waals surface area contributed by atoms with Gasteiger partial charge in [0.2, 0.25) is 0 Å². The number of halogens is 1. The number of carbonyl (C=O) groups is 1. The Morgan fingerprint density at radius 3 is 2.31 bits per heavy atom. The third-order valence-corrected chi connectivity index (χ3v) is 8.64. The monoisotopic (exact) mass is 594 g/mol. The third-order valence-electron chi connectivity index (χ3n) is 8.42. The Morgan fingerprint density at radius 1 is 1.02 bits per heavy atom. The first kappa shape index (κ1) is 31.4. The fourth-order valence-electron chi connectivity index (χ4n) is 6.07. The van der Waals surface area contributed by atoms with Crippen LogP contribution in [0.2, 0.25) is 5.02 Å². The molecule has 1 saturated carbocycles. The van der Waals surface area contributed by atoms with Gasteiger partial charge in [0.15, 0.2) is 11.3 Å². The number of rotatable bonds is 11. The zero-order valence-corrected chi connectivity index (χ0v) is 26.3. The fourth-order valence-corrected chi connectivity index (χ4v) is 6.29. The van der Waals surface area contributed by atoms with Gasteiger partial charge < -0.3 is 24.7 Å². The number of aromatic amines is 1. The number of benzene rings is 2. The molecule has 0 bridgehead atoms. The average molecular weight is 595 g/mol. The van der Waals surface area contributed by atoms with Gasteiger partial charge in [0.25, 0.3) is 5.91 Å². The Bertz CT molecular complexity index is 1430. The summed E-state index contributed by atoms with van der Waals surface area (Å²) in [5.74, 6) is 0.949. The molecule has 0 radical (unpaired) electrons. The van der Waals surface area contributed by atoms with Crippen LogP contribution in [0.5, 0.6) is 11.6 Å². The topological polar surface area (TPSA) is 86.9 Å². The lowest BCUT2D eigenvalue weighted by atomic mass is 9.88. The number of aryl methyl sites for hydroxylation is 1. The van der Waals surface area contributed by atoms with Crippen molar-refractivity contribution in [3.8, 4) is 11.6 Å². The van der Waals surface area contributed by atoms with E-state index in [1.54, 1.807) is 20.1 Å². The maximum atomic E-state index is 13.4. The molecule has 2 N–H and O–H groups in total. The molecular weight excluding hydrogens is 552 g/mol. The SMILES string of the molecule is CCN(c1cc(Cl)cc(C(=O)NCc2c(OC)[nH]c(C)cc2=O)c1C)C1CCC(N(C)Cc2ccc(OC)cc2)CC1. The van der Waals surface area contributed by atoms with Crippen LogP contribution in [0.1, 0.15) is 65.3 Å². The molecule has 1 aliphatic carbocycles. The van der Waals surface area contributed by atoms with Crippen LogP contribution in [-0.4, -0.2) is 55.7 Å². The van der Waals surface area contributed by atoms with Crippen LogP contribution >= 0.6 is 11.6 Å². The molecule has 1 fully saturated rings. The highest BCUT2D eigenvalue weighted by Gasteiger charge is 2.29. The molecular formula is C33H43ClN4O4. The molecule has 1 heterocycles. The van der Waals surface area contributed by atoms with Crippen molar-refractivity contribution in [2.45, 2.75) is 71.6 Å². The molecule has 1 aromatic heterocycles. The zero-order chi connectivity index (χ0) is 30.4. The Kier molecular flexibility index (Phi) is 10.6. The molecule has 42 heavy (non-hydrogen) atoms. The van der Waals surface area contributed by atoms with Gasteiger partial charge >= 0.3 is 0 Å². The lowest BCUT2D eigenvalue weighted by Crippen LogP contribution is -2.43. The molecule has 4 rings (SSSR count). The van der Waals surface area contributed by atoms with Crippen molar-refractivity contribution in [2.24, 2.45) is 0 Å². The number of ether oxygens (including phenoxy) is 2. The predicted octanol–water partition coefficient (Wildman–Crippen LogP) is 5.86. The number of anilines is 1. The first-order chi connectivity index (χ1) is 20.1. The van der Waals surface area contributed by atoms with Gasteiger partial charge in [0.1, 0.15) is 5.75 Å². The standard InChI is InChI=1S/C33H43ClN4O4/c1-7-38(26-12-10-25(11-13-26)37(4)20-23-8-14-27(41-5)15-9-23)30-18-24(34)17-28(22(30)3)32(40)35-19-29-31(39)16-21(2)36-33(29)42-6/h8-9,14-18,25-26H,7,10-13,19-20H2,1-6H3,(H,35,40)(H,36,39). The fraction of sp³-hybridized carbons (Fsp3) is 0.455. The van der Waals surface area contributed by atoms with E-state index < -0.39 is 0 Å². The van der Waals surface area contributed by atoms with Gasteiger partial charge in [0.05, 0.1) is 26.3 Å². The number of pyridine rings is 1. The van der Waals surface area contributed by atoms with E-state index in [1.807, 2.05) is 25.1 Å². The van der Waals surface area contributed by atoms with Gasteiger partial charge in [-0.15, -0.1) is 0 Å². The van der Waals surface area contributed by atoms with E-state index in [9.17, 15) is 9.59 Å². The molecule has 9 heteroatoms. The third kappa shape index (κ3) is 7.28. The van der Waals surface area contributed by atoms with Crippen molar-refractivity contribution in [3.05, 3.63) is 85.7 Å².